The van der Waals surface area contributed by atoms with Crippen LogP contribution >= 0.6 is 11.3 Å². The molecule has 7 heteroatoms. The molecular formula is C20H19N3O2S2. The summed E-state index contributed by atoms with van der Waals surface area (Å²) in [6.45, 7) is 2.06. The fraction of sp³-hybridized carbons (Fsp3) is 0.150. The van der Waals surface area contributed by atoms with Crippen molar-refractivity contribution in [1.29, 1.82) is 0 Å². The summed E-state index contributed by atoms with van der Waals surface area (Å²) in [5.74, 6) is 0.957. The molecule has 0 aliphatic heterocycles. The van der Waals surface area contributed by atoms with Gasteiger partial charge in [-0.2, -0.15) is 0 Å². The second-order valence-corrected chi connectivity index (χ2v) is 9.30. The number of sulfonamides is 1. The van der Waals surface area contributed by atoms with Crippen LogP contribution in [0.4, 0.5) is 5.69 Å². The molecule has 0 amide bonds. The predicted octanol–water partition coefficient (Wildman–Crippen LogP) is 4.52. The summed E-state index contributed by atoms with van der Waals surface area (Å²) in [5, 5.41) is 1.75. The van der Waals surface area contributed by atoms with Crippen LogP contribution in [-0.2, 0) is 22.9 Å². The van der Waals surface area contributed by atoms with E-state index in [1.165, 1.54) is 16.9 Å². The van der Waals surface area contributed by atoms with Crippen molar-refractivity contribution in [2.75, 3.05) is 4.72 Å². The maximum atomic E-state index is 12.3. The molecule has 0 bridgehead atoms. The SMILES string of the molecule is Cc1ccc2nc(CCc3ccc(NS(=O)(=O)c4cccs4)cc3)[nH]c2c1. The Morgan fingerprint density at radius 2 is 1.89 bits per heavy atom. The molecule has 0 spiro atoms. The van der Waals surface area contributed by atoms with Crippen LogP contribution in [-0.4, -0.2) is 18.4 Å². The first-order chi connectivity index (χ1) is 13.0. The Hall–Kier alpha value is -2.64. The Labute approximate surface area is 162 Å². The number of hydrogen-bond acceptors (Lipinski definition) is 4. The van der Waals surface area contributed by atoms with E-state index in [0.29, 0.717) is 9.90 Å². The van der Waals surface area contributed by atoms with Crippen molar-refractivity contribution in [3.63, 3.8) is 0 Å². The highest BCUT2D eigenvalue weighted by atomic mass is 32.2. The molecule has 0 fully saturated rings. The van der Waals surface area contributed by atoms with E-state index >= 15 is 0 Å². The molecule has 4 rings (SSSR count). The minimum atomic E-state index is -3.50. The molecule has 2 aromatic carbocycles. The van der Waals surface area contributed by atoms with Crippen LogP contribution < -0.4 is 4.72 Å². The number of H-pyrrole nitrogens is 1. The zero-order valence-electron chi connectivity index (χ0n) is 14.8. The zero-order valence-corrected chi connectivity index (χ0v) is 16.4. The molecule has 0 aliphatic carbocycles. The highest BCUT2D eigenvalue weighted by Crippen LogP contribution is 2.21. The van der Waals surface area contributed by atoms with Crippen LogP contribution in [0.25, 0.3) is 11.0 Å². The lowest BCUT2D eigenvalue weighted by Crippen LogP contribution is -2.11. The number of thiophene rings is 1. The lowest BCUT2D eigenvalue weighted by Gasteiger charge is -2.07. The van der Waals surface area contributed by atoms with Gasteiger partial charge in [-0.3, -0.25) is 4.72 Å². The highest BCUT2D eigenvalue weighted by Gasteiger charge is 2.14. The number of hydrogen-bond donors (Lipinski definition) is 2. The first-order valence-electron chi connectivity index (χ1n) is 8.60. The molecule has 138 valence electrons. The number of fused-ring (bicyclic) bond motifs is 1. The summed E-state index contributed by atoms with van der Waals surface area (Å²) in [6.07, 6.45) is 1.63. The third-order valence-electron chi connectivity index (χ3n) is 4.30. The quantitative estimate of drug-likeness (QED) is 0.502. The first-order valence-corrected chi connectivity index (χ1v) is 11.0. The van der Waals surface area contributed by atoms with E-state index in [1.807, 2.05) is 18.2 Å². The molecule has 0 saturated carbocycles. The molecule has 5 nitrogen and oxygen atoms in total. The molecule has 0 saturated heterocycles. The van der Waals surface area contributed by atoms with E-state index in [4.69, 9.17) is 0 Å². The molecule has 0 atom stereocenters. The topological polar surface area (TPSA) is 74.8 Å². The number of benzene rings is 2. The maximum Gasteiger partial charge on any atom is 0.271 e. The largest absolute Gasteiger partial charge is 0.342 e. The third kappa shape index (κ3) is 4.04. The van der Waals surface area contributed by atoms with Crippen molar-refractivity contribution in [2.45, 2.75) is 24.0 Å². The van der Waals surface area contributed by atoms with E-state index in [0.717, 1.165) is 35.3 Å². The number of rotatable bonds is 6. The molecule has 2 N–H and O–H groups in total. The van der Waals surface area contributed by atoms with Gasteiger partial charge in [-0.1, -0.05) is 24.3 Å². The Morgan fingerprint density at radius 1 is 1.07 bits per heavy atom. The Morgan fingerprint density at radius 3 is 2.63 bits per heavy atom. The summed E-state index contributed by atoms with van der Waals surface area (Å²) in [6, 6.07) is 17.0. The first kappa shape index (κ1) is 17.8. The number of nitrogens with zero attached hydrogens (tertiary/aromatic N) is 1. The van der Waals surface area contributed by atoms with Gasteiger partial charge in [-0.25, -0.2) is 13.4 Å². The lowest BCUT2D eigenvalue weighted by molar-refractivity contribution is 0.603. The van der Waals surface area contributed by atoms with Crippen LogP contribution in [0.5, 0.6) is 0 Å². The number of aryl methyl sites for hydroxylation is 3. The summed E-state index contributed by atoms with van der Waals surface area (Å²) in [5.41, 5.74) is 4.94. The Bertz CT molecular complexity index is 1160. The van der Waals surface area contributed by atoms with Gasteiger partial charge in [0.1, 0.15) is 10.0 Å². The van der Waals surface area contributed by atoms with Gasteiger partial charge in [-0.05, 0) is 60.2 Å². The lowest BCUT2D eigenvalue weighted by atomic mass is 10.1. The molecule has 4 aromatic rings. The summed E-state index contributed by atoms with van der Waals surface area (Å²) in [7, 11) is -3.50. The van der Waals surface area contributed by atoms with Crippen molar-refractivity contribution in [3.8, 4) is 0 Å². The molecule has 0 unspecified atom stereocenters. The second kappa shape index (κ2) is 7.17. The number of aromatic nitrogens is 2. The van der Waals surface area contributed by atoms with Gasteiger partial charge in [0.15, 0.2) is 0 Å². The predicted molar refractivity (Wildman–Crippen MR) is 110 cm³/mol. The van der Waals surface area contributed by atoms with Crippen molar-refractivity contribution in [3.05, 3.63) is 76.9 Å². The van der Waals surface area contributed by atoms with Gasteiger partial charge in [0.05, 0.1) is 11.0 Å². The smallest absolute Gasteiger partial charge is 0.271 e. The minimum absolute atomic E-state index is 0.312. The molecule has 27 heavy (non-hydrogen) atoms. The van der Waals surface area contributed by atoms with Crippen molar-refractivity contribution >= 4 is 38.1 Å². The van der Waals surface area contributed by atoms with Gasteiger partial charge >= 0.3 is 0 Å². The summed E-state index contributed by atoms with van der Waals surface area (Å²) in [4.78, 5) is 7.98. The van der Waals surface area contributed by atoms with E-state index in [9.17, 15) is 8.42 Å². The summed E-state index contributed by atoms with van der Waals surface area (Å²) < 4.78 is 27.4. The van der Waals surface area contributed by atoms with Crippen molar-refractivity contribution in [1.82, 2.24) is 9.97 Å². The molecule has 2 aromatic heterocycles. The Balaban J connectivity index is 1.41. The van der Waals surface area contributed by atoms with Crippen LogP contribution in [0.2, 0.25) is 0 Å². The van der Waals surface area contributed by atoms with Crippen LogP contribution in [0.3, 0.4) is 0 Å². The second-order valence-electron chi connectivity index (χ2n) is 6.44. The van der Waals surface area contributed by atoms with E-state index < -0.39 is 10.0 Å². The average molecular weight is 398 g/mol. The third-order valence-corrected chi connectivity index (χ3v) is 7.08. The minimum Gasteiger partial charge on any atom is -0.342 e. The van der Waals surface area contributed by atoms with Gasteiger partial charge in [-0.15, -0.1) is 11.3 Å². The average Bonchev–Trinajstić information content (AvgIpc) is 3.30. The standard InChI is InChI=1S/C20H19N3O2S2/c1-14-4-10-17-18(13-14)22-19(21-17)11-7-15-5-8-16(9-6-15)23-27(24,25)20-3-2-12-26-20/h2-6,8-10,12-13,23H,7,11H2,1H3,(H,21,22). The fourth-order valence-electron chi connectivity index (χ4n) is 2.92. The zero-order chi connectivity index (χ0) is 18.9. The van der Waals surface area contributed by atoms with Gasteiger partial charge in [0, 0.05) is 12.1 Å². The number of imidazole rings is 1. The fourth-order valence-corrected chi connectivity index (χ4v) is 4.97. The normalized spacial score (nSPS) is 11.7. The van der Waals surface area contributed by atoms with Crippen LogP contribution in [0.15, 0.2) is 64.2 Å². The molecular weight excluding hydrogens is 378 g/mol. The number of nitrogens with one attached hydrogen (secondary N) is 2. The number of aromatic amines is 1. The summed E-state index contributed by atoms with van der Waals surface area (Å²) >= 11 is 1.20. The van der Waals surface area contributed by atoms with Gasteiger partial charge in [0.25, 0.3) is 10.0 Å². The van der Waals surface area contributed by atoms with Gasteiger partial charge < -0.3 is 4.98 Å². The number of anilines is 1. The van der Waals surface area contributed by atoms with E-state index in [1.54, 1.807) is 29.6 Å². The van der Waals surface area contributed by atoms with Gasteiger partial charge in [0.2, 0.25) is 0 Å². The molecule has 2 heterocycles. The molecule has 0 aliphatic rings. The van der Waals surface area contributed by atoms with E-state index in [-0.39, 0.29) is 0 Å². The van der Waals surface area contributed by atoms with Crippen LogP contribution in [0.1, 0.15) is 17.0 Å². The van der Waals surface area contributed by atoms with Crippen molar-refractivity contribution < 1.29 is 8.42 Å². The monoisotopic (exact) mass is 397 g/mol. The molecule has 0 radical (unpaired) electrons. The van der Waals surface area contributed by atoms with E-state index in [2.05, 4.69) is 33.7 Å². The Kier molecular flexibility index (Phi) is 4.72. The maximum absolute atomic E-state index is 12.3. The van der Waals surface area contributed by atoms with Crippen LogP contribution in [0, 0.1) is 6.92 Å². The highest BCUT2D eigenvalue weighted by molar-refractivity contribution is 7.94. The van der Waals surface area contributed by atoms with Crippen molar-refractivity contribution in [2.24, 2.45) is 0 Å².